The van der Waals surface area contributed by atoms with Crippen molar-refractivity contribution in [3.05, 3.63) is 63.6 Å². The topological polar surface area (TPSA) is 12.0 Å². The highest BCUT2D eigenvalue weighted by atomic mass is 79.9. The van der Waals surface area contributed by atoms with Crippen molar-refractivity contribution in [1.82, 2.24) is 0 Å². The zero-order valence-corrected chi connectivity index (χ0v) is 11.7. The largest absolute Gasteiger partial charge is 0.381 e. The van der Waals surface area contributed by atoms with E-state index in [0.717, 1.165) is 11.0 Å². The summed E-state index contributed by atoms with van der Waals surface area (Å²) in [7, 11) is 0. The smallest absolute Gasteiger partial charge is 0.0412 e. The van der Waals surface area contributed by atoms with Gasteiger partial charge in [-0.05, 0) is 42.7 Å². The maximum Gasteiger partial charge on any atom is 0.0412 e. The van der Waals surface area contributed by atoms with Crippen LogP contribution in [-0.2, 0) is 6.54 Å². The van der Waals surface area contributed by atoms with Crippen LogP contribution >= 0.6 is 15.9 Å². The van der Waals surface area contributed by atoms with Gasteiger partial charge in [0.25, 0.3) is 0 Å². The van der Waals surface area contributed by atoms with Crippen molar-refractivity contribution in [2.75, 3.05) is 5.32 Å². The first-order valence-corrected chi connectivity index (χ1v) is 6.51. The standard InChI is InChI=1S/C15H16BrN/c1-11-6-5-9-15(12(11)2)17-10-13-7-3-4-8-14(13)16/h3-9,17H,10H2,1-2H3. The monoisotopic (exact) mass is 289 g/mol. The molecule has 0 unspecified atom stereocenters. The van der Waals surface area contributed by atoms with Crippen LogP contribution in [0.1, 0.15) is 16.7 Å². The van der Waals surface area contributed by atoms with E-state index in [1.807, 2.05) is 6.07 Å². The average Bonchev–Trinajstić information content (AvgIpc) is 2.33. The summed E-state index contributed by atoms with van der Waals surface area (Å²) in [5, 5.41) is 3.48. The summed E-state index contributed by atoms with van der Waals surface area (Å²) in [6.45, 7) is 5.13. The van der Waals surface area contributed by atoms with Gasteiger partial charge in [-0.3, -0.25) is 0 Å². The Kier molecular flexibility index (Phi) is 3.85. The second-order valence-corrected chi connectivity index (χ2v) is 5.05. The van der Waals surface area contributed by atoms with E-state index in [0.29, 0.717) is 0 Å². The maximum absolute atomic E-state index is 3.56. The Hall–Kier alpha value is -1.28. The number of hydrogen-bond acceptors (Lipinski definition) is 1. The Balaban J connectivity index is 2.13. The number of halogens is 1. The van der Waals surface area contributed by atoms with Crippen molar-refractivity contribution in [1.29, 1.82) is 0 Å². The Labute approximate surface area is 111 Å². The van der Waals surface area contributed by atoms with Crippen LogP contribution in [0.25, 0.3) is 0 Å². The third-order valence-electron chi connectivity index (χ3n) is 3.03. The summed E-state index contributed by atoms with van der Waals surface area (Å²) >= 11 is 3.56. The third kappa shape index (κ3) is 2.89. The molecule has 0 bridgehead atoms. The summed E-state index contributed by atoms with van der Waals surface area (Å²) < 4.78 is 1.15. The lowest BCUT2D eigenvalue weighted by Crippen LogP contribution is -2.02. The van der Waals surface area contributed by atoms with Gasteiger partial charge in [-0.25, -0.2) is 0 Å². The van der Waals surface area contributed by atoms with E-state index >= 15 is 0 Å². The Bertz CT molecular complexity index is 520. The van der Waals surface area contributed by atoms with Crippen molar-refractivity contribution in [3.8, 4) is 0 Å². The van der Waals surface area contributed by atoms with Gasteiger partial charge in [-0.1, -0.05) is 46.3 Å². The van der Waals surface area contributed by atoms with Crippen LogP contribution in [0.15, 0.2) is 46.9 Å². The van der Waals surface area contributed by atoms with Gasteiger partial charge in [-0.15, -0.1) is 0 Å². The molecule has 0 aliphatic carbocycles. The van der Waals surface area contributed by atoms with Gasteiger partial charge in [0.15, 0.2) is 0 Å². The van der Waals surface area contributed by atoms with Crippen LogP contribution in [0, 0.1) is 13.8 Å². The van der Waals surface area contributed by atoms with Crippen LogP contribution in [0.4, 0.5) is 5.69 Å². The van der Waals surface area contributed by atoms with Crippen LogP contribution in [0.2, 0.25) is 0 Å². The number of hydrogen-bond donors (Lipinski definition) is 1. The minimum Gasteiger partial charge on any atom is -0.381 e. The number of benzene rings is 2. The van der Waals surface area contributed by atoms with Crippen molar-refractivity contribution >= 4 is 21.6 Å². The summed E-state index contributed by atoms with van der Waals surface area (Å²) in [5.41, 5.74) is 5.12. The van der Waals surface area contributed by atoms with Gasteiger partial charge in [0.05, 0.1) is 0 Å². The van der Waals surface area contributed by atoms with E-state index in [2.05, 4.69) is 71.5 Å². The molecule has 0 amide bonds. The normalized spacial score (nSPS) is 10.3. The summed E-state index contributed by atoms with van der Waals surface area (Å²) in [5.74, 6) is 0. The van der Waals surface area contributed by atoms with Gasteiger partial charge in [0.2, 0.25) is 0 Å². The molecule has 0 saturated carbocycles. The van der Waals surface area contributed by atoms with E-state index in [-0.39, 0.29) is 0 Å². The lowest BCUT2D eigenvalue weighted by molar-refractivity contribution is 1.12. The minimum absolute atomic E-state index is 0.839. The highest BCUT2D eigenvalue weighted by molar-refractivity contribution is 9.10. The van der Waals surface area contributed by atoms with E-state index < -0.39 is 0 Å². The van der Waals surface area contributed by atoms with Gasteiger partial charge in [0, 0.05) is 16.7 Å². The molecule has 0 aliphatic rings. The fourth-order valence-electron chi connectivity index (χ4n) is 1.77. The summed E-state index contributed by atoms with van der Waals surface area (Å²) in [4.78, 5) is 0. The fourth-order valence-corrected chi connectivity index (χ4v) is 2.20. The van der Waals surface area contributed by atoms with Crippen LogP contribution < -0.4 is 5.32 Å². The number of rotatable bonds is 3. The first kappa shape index (κ1) is 12.2. The zero-order valence-electron chi connectivity index (χ0n) is 10.1. The second-order valence-electron chi connectivity index (χ2n) is 4.19. The second kappa shape index (κ2) is 5.37. The lowest BCUT2D eigenvalue weighted by atomic mass is 10.1. The number of nitrogens with one attached hydrogen (secondary N) is 1. The van der Waals surface area contributed by atoms with Gasteiger partial charge in [-0.2, -0.15) is 0 Å². The molecule has 0 heterocycles. The SMILES string of the molecule is Cc1cccc(NCc2ccccc2Br)c1C. The number of aryl methyl sites for hydroxylation is 1. The van der Waals surface area contributed by atoms with Crippen LogP contribution in [0.3, 0.4) is 0 Å². The quantitative estimate of drug-likeness (QED) is 0.865. The Morgan fingerprint density at radius 3 is 2.53 bits per heavy atom. The van der Waals surface area contributed by atoms with Gasteiger partial charge < -0.3 is 5.32 Å². The first-order valence-electron chi connectivity index (χ1n) is 5.72. The van der Waals surface area contributed by atoms with Crippen LogP contribution in [-0.4, -0.2) is 0 Å². The highest BCUT2D eigenvalue weighted by Crippen LogP contribution is 2.21. The Morgan fingerprint density at radius 1 is 1.00 bits per heavy atom. The molecule has 2 heteroatoms. The van der Waals surface area contributed by atoms with E-state index in [9.17, 15) is 0 Å². The molecule has 2 aromatic rings. The molecule has 1 N–H and O–H groups in total. The molecule has 0 saturated heterocycles. The molecule has 0 spiro atoms. The highest BCUT2D eigenvalue weighted by Gasteiger charge is 2.01. The first-order chi connectivity index (χ1) is 8.18. The van der Waals surface area contributed by atoms with E-state index in [4.69, 9.17) is 0 Å². The predicted octanol–water partition coefficient (Wildman–Crippen LogP) is 4.68. The summed E-state index contributed by atoms with van der Waals surface area (Å²) in [6.07, 6.45) is 0. The molecule has 0 radical (unpaired) electrons. The molecule has 2 aromatic carbocycles. The van der Waals surface area contributed by atoms with Crippen molar-refractivity contribution in [2.24, 2.45) is 0 Å². The zero-order chi connectivity index (χ0) is 12.3. The average molecular weight is 290 g/mol. The van der Waals surface area contributed by atoms with Crippen molar-refractivity contribution in [2.45, 2.75) is 20.4 Å². The molecule has 0 atom stereocenters. The van der Waals surface area contributed by atoms with Gasteiger partial charge in [0.1, 0.15) is 0 Å². The van der Waals surface area contributed by atoms with E-state index in [1.165, 1.54) is 22.4 Å². The Morgan fingerprint density at radius 2 is 1.76 bits per heavy atom. The fraction of sp³-hybridized carbons (Fsp3) is 0.200. The molecule has 17 heavy (non-hydrogen) atoms. The molecule has 2 rings (SSSR count). The van der Waals surface area contributed by atoms with Gasteiger partial charge >= 0.3 is 0 Å². The lowest BCUT2D eigenvalue weighted by Gasteiger charge is -2.12. The third-order valence-corrected chi connectivity index (χ3v) is 3.81. The molecule has 0 fully saturated rings. The molecule has 0 aliphatic heterocycles. The number of anilines is 1. The minimum atomic E-state index is 0.839. The molecule has 0 aromatic heterocycles. The van der Waals surface area contributed by atoms with Crippen molar-refractivity contribution in [3.63, 3.8) is 0 Å². The molecule has 88 valence electrons. The van der Waals surface area contributed by atoms with Crippen LogP contribution in [0.5, 0.6) is 0 Å². The summed E-state index contributed by atoms with van der Waals surface area (Å²) in [6, 6.07) is 14.6. The van der Waals surface area contributed by atoms with E-state index in [1.54, 1.807) is 0 Å². The maximum atomic E-state index is 3.56. The predicted molar refractivity (Wildman–Crippen MR) is 77.4 cm³/mol. The molecular weight excluding hydrogens is 274 g/mol. The van der Waals surface area contributed by atoms with Crippen molar-refractivity contribution < 1.29 is 0 Å². The molecule has 1 nitrogen and oxygen atoms in total. The molecular formula is C15H16BrN.